The van der Waals surface area contributed by atoms with Crippen molar-refractivity contribution in [2.24, 2.45) is 5.92 Å². The molecule has 0 aromatic heterocycles. The van der Waals surface area contributed by atoms with Gasteiger partial charge in [-0.3, -0.25) is 4.79 Å². The van der Waals surface area contributed by atoms with Gasteiger partial charge in [-0.2, -0.15) is 0 Å². The van der Waals surface area contributed by atoms with Crippen LogP contribution in [0.3, 0.4) is 0 Å². The van der Waals surface area contributed by atoms with Crippen molar-refractivity contribution < 1.29 is 9.90 Å². The molecule has 0 aliphatic carbocycles. The summed E-state index contributed by atoms with van der Waals surface area (Å²) in [6.07, 6.45) is 2.17. The van der Waals surface area contributed by atoms with Crippen LogP contribution < -0.4 is 0 Å². The van der Waals surface area contributed by atoms with E-state index in [4.69, 9.17) is 5.11 Å². The van der Waals surface area contributed by atoms with Crippen molar-refractivity contribution in [1.29, 1.82) is 0 Å². The highest BCUT2D eigenvalue weighted by atomic mass is 16.3. The molecule has 0 aromatic carbocycles. The first-order chi connectivity index (χ1) is 4.63. The van der Waals surface area contributed by atoms with Gasteiger partial charge in [0.1, 0.15) is 0 Å². The number of ketones is 1. The average molecular weight is 140 g/mol. The molecule has 0 heterocycles. The molecule has 0 aliphatic rings. The summed E-state index contributed by atoms with van der Waals surface area (Å²) in [4.78, 5) is 10.9. The van der Waals surface area contributed by atoms with Gasteiger partial charge in [-0.05, 0) is 6.42 Å². The molecule has 0 radical (unpaired) electrons. The molecule has 0 saturated carbocycles. The Balaban J connectivity index is 4.15. The Bertz CT molecular complexity index is 159. The number of carbonyl (C=O) groups is 1. The van der Waals surface area contributed by atoms with Gasteiger partial charge >= 0.3 is 0 Å². The minimum Gasteiger partial charge on any atom is -0.505 e. The smallest absolute Gasteiger partial charge is 0.203 e. The van der Waals surface area contributed by atoms with Crippen molar-refractivity contribution in [1.82, 2.24) is 0 Å². The second kappa shape index (κ2) is 3.88. The molecule has 1 atom stereocenters. The van der Waals surface area contributed by atoms with E-state index in [1.165, 1.54) is 6.08 Å². The number of allylic oxidation sites excluding steroid dienone is 2. The lowest BCUT2D eigenvalue weighted by Gasteiger charge is -2.05. The van der Waals surface area contributed by atoms with Crippen molar-refractivity contribution in [3.05, 3.63) is 25.0 Å². The lowest BCUT2D eigenvalue weighted by atomic mass is 10.0. The molecule has 0 saturated heterocycles. The van der Waals surface area contributed by atoms with Gasteiger partial charge in [0.15, 0.2) is 5.76 Å². The second-order valence-corrected chi connectivity index (χ2v) is 2.06. The van der Waals surface area contributed by atoms with Gasteiger partial charge in [0.05, 0.1) is 0 Å². The van der Waals surface area contributed by atoms with Gasteiger partial charge in [-0.15, -0.1) is 6.58 Å². The molecule has 2 nitrogen and oxygen atoms in total. The fraction of sp³-hybridized carbons (Fsp3) is 0.375. The van der Waals surface area contributed by atoms with Crippen molar-refractivity contribution >= 4 is 5.78 Å². The Labute approximate surface area is 60.9 Å². The van der Waals surface area contributed by atoms with Gasteiger partial charge in [0, 0.05) is 5.92 Å². The third-order valence-corrected chi connectivity index (χ3v) is 1.35. The van der Waals surface area contributed by atoms with E-state index >= 15 is 0 Å². The SMILES string of the molecule is C=CC(CC)C(=O)C(=C)O. The maximum Gasteiger partial charge on any atom is 0.203 e. The molecule has 0 aromatic rings. The van der Waals surface area contributed by atoms with Gasteiger partial charge < -0.3 is 5.11 Å². The predicted molar refractivity (Wildman–Crippen MR) is 40.8 cm³/mol. The van der Waals surface area contributed by atoms with Crippen LogP contribution >= 0.6 is 0 Å². The van der Waals surface area contributed by atoms with Crippen LogP contribution in [0.4, 0.5) is 0 Å². The first-order valence-electron chi connectivity index (χ1n) is 3.18. The zero-order valence-electron chi connectivity index (χ0n) is 6.13. The first kappa shape index (κ1) is 8.95. The van der Waals surface area contributed by atoms with Crippen LogP contribution in [0.2, 0.25) is 0 Å². The van der Waals surface area contributed by atoms with Crippen molar-refractivity contribution in [2.75, 3.05) is 0 Å². The number of aliphatic hydroxyl groups excluding tert-OH is 1. The van der Waals surface area contributed by atoms with Gasteiger partial charge in [-0.25, -0.2) is 0 Å². The summed E-state index contributed by atoms with van der Waals surface area (Å²) < 4.78 is 0. The van der Waals surface area contributed by atoms with Crippen LogP contribution in [0, 0.1) is 5.92 Å². The fourth-order valence-corrected chi connectivity index (χ4v) is 0.673. The minimum atomic E-state index is -0.383. The average Bonchev–Trinajstić information content (AvgIpc) is 1.90. The summed E-state index contributed by atoms with van der Waals surface area (Å²) >= 11 is 0. The molecule has 0 rings (SSSR count). The summed E-state index contributed by atoms with van der Waals surface area (Å²) in [5.41, 5.74) is 0. The van der Waals surface area contributed by atoms with E-state index in [1.807, 2.05) is 6.92 Å². The van der Waals surface area contributed by atoms with E-state index in [2.05, 4.69) is 13.2 Å². The number of Topliss-reactive ketones (excluding diaryl/α,β-unsaturated/α-hetero) is 1. The molecule has 0 bridgehead atoms. The summed E-state index contributed by atoms with van der Waals surface area (Å²) in [7, 11) is 0. The monoisotopic (exact) mass is 140 g/mol. The van der Waals surface area contributed by atoms with Gasteiger partial charge in [0.25, 0.3) is 0 Å². The fourth-order valence-electron chi connectivity index (χ4n) is 0.673. The summed E-state index contributed by atoms with van der Waals surface area (Å²) in [5, 5.41) is 8.66. The number of aliphatic hydroxyl groups is 1. The highest BCUT2D eigenvalue weighted by molar-refractivity contribution is 5.95. The summed E-state index contributed by atoms with van der Waals surface area (Å²) in [5.74, 6) is -0.998. The van der Waals surface area contributed by atoms with E-state index in [9.17, 15) is 4.79 Å². The Hall–Kier alpha value is -1.05. The maximum atomic E-state index is 10.9. The molecule has 56 valence electrons. The predicted octanol–water partition coefficient (Wildman–Crippen LogP) is 1.84. The lowest BCUT2D eigenvalue weighted by Crippen LogP contribution is -2.12. The zero-order chi connectivity index (χ0) is 8.15. The zero-order valence-corrected chi connectivity index (χ0v) is 6.13. The molecule has 0 spiro atoms. The molecule has 2 heteroatoms. The maximum absolute atomic E-state index is 10.9. The summed E-state index contributed by atoms with van der Waals surface area (Å²) in [6.45, 7) is 8.45. The first-order valence-corrected chi connectivity index (χ1v) is 3.18. The van der Waals surface area contributed by atoms with Crippen molar-refractivity contribution in [2.45, 2.75) is 13.3 Å². The van der Waals surface area contributed by atoms with Crippen LogP contribution in [0.1, 0.15) is 13.3 Å². The van der Waals surface area contributed by atoms with E-state index < -0.39 is 0 Å². The third kappa shape index (κ3) is 2.05. The van der Waals surface area contributed by atoms with E-state index in [0.29, 0.717) is 6.42 Å². The van der Waals surface area contributed by atoms with Crippen molar-refractivity contribution in [3.8, 4) is 0 Å². The Morgan fingerprint density at radius 3 is 2.40 bits per heavy atom. The number of hydrogen-bond donors (Lipinski definition) is 1. The van der Waals surface area contributed by atoms with E-state index in [-0.39, 0.29) is 17.5 Å². The van der Waals surface area contributed by atoms with Crippen LogP contribution in [-0.2, 0) is 4.79 Å². The lowest BCUT2D eigenvalue weighted by molar-refractivity contribution is -0.120. The molecule has 1 unspecified atom stereocenters. The Morgan fingerprint density at radius 2 is 2.30 bits per heavy atom. The topological polar surface area (TPSA) is 37.3 Å². The summed E-state index contributed by atoms with van der Waals surface area (Å²) in [6, 6.07) is 0. The standard InChI is InChI=1S/C8H12O2/c1-4-7(5-2)8(10)6(3)9/h4,7,9H,1,3,5H2,2H3. The number of carbonyl (C=O) groups excluding carboxylic acids is 1. The van der Waals surface area contributed by atoms with E-state index in [0.717, 1.165) is 0 Å². The van der Waals surface area contributed by atoms with Crippen LogP contribution in [0.15, 0.2) is 25.0 Å². The molecule has 0 fully saturated rings. The van der Waals surface area contributed by atoms with E-state index in [1.54, 1.807) is 0 Å². The largest absolute Gasteiger partial charge is 0.505 e. The Kier molecular flexibility index (Phi) is 3.47. The highest BCUT2D eigenvalue weighted by Crippen LogP contribution is 2.08. The third-order valence-electron chi connectivity index (χ3n) is 1.35. The molecular weight excluding hydrogens is 128 g/mol. The van der Waals surface area contributed by atoms with Crippen LogP contribution in [0.5, 0.6) is 0 Å². The van der Waals surface area contributed by atoms with Crippen molar-refractivity contribution in [3.63, 3.8) is 0 Å². The highest BCUT2D eigenvalue weighted by Gasteiger charge is 2.14. The molecule has 1 N–H and O–H groups in total. The van der Waals surface area contributed by atoms with Crippen LogP contribution in [-0.4, -0.2) is 10.9 Å². The normalized spacial score (nSPS) is 12.1. The molecule has 0 aliphatic heterocycles. The van der Waals surface area contributed by atoms with Crippen LogP contribution in [0.25, 0.3) is 0 Å². The minimum absolute atomic E-state index is 0.280. The van der Waals surface area contributed by atoms with Gasteiger partial charge in [-0.1, -0.05) is 19.6 Å². The molecular formula is C8H12O2. The Morgan fingerprint density at radius 1 is 1.80 bits per heavy atom. The quantitative estimate of drug-likeness (QED) is 0.367. The van der Waals surface area contributed by atoms with Gasteiger partial charge in [0.2, 0.25) is 5.78 Å². The number of hydrogen-bond acceptors (Lipinski definition) is 2. The molecule has 0 amide bonds. The second-order valence-electron chi connectivity index (χ2n) is 2.06. The molecule has 10 heavy (non-hydrogen) atoms. The number of rotatable bonds is 4.